The molecule has 0 unspecified atom stereocenters. The molecular weight excluding hydrogens is 276 g/mol. The van der Waals surface area contributed by atoms with Gasteiger partial charge in [-0.1, -0.05) is 13.8 Å². The summed E-state index contributed by atoms with van der Waals surface area (Å²) in [6, 6.07) is 3.60. The van der Waals surface area contributed by atoms with Crippen molar-refractivity contribution in [2.75, 3.05) is 13.1 Å². The summed E-state index contributed by atoms with van der Waals surface area (Å²) in [6.07, 6.45) is 5.26. The van der Waals surface area contributed by atoms with Crippen LogP contribution in [0, 0.1) is 11.8 Å². The van der Waals surface area contributed by atoms with Gasteiger partial charge in [0.15, 0.2) is 0 Å². The van der Waals surface area contributed by atoms with E-state index in [9.17, 15) is 4.79 Å². The number of aromatic nitrogens is 1. The van der Waals surface area contributed by atoms with Gasteiger partial charge in [-0.15, -0.1) is 0 Å². The lowest BCUT2D eigenvalue weighted by Crippen LogP contribution is -2.40. The van der Waals surface area contributed by atoms with Gasteiger partial charge in [-0.2, -0.15) is 0 Å². The van der Waals surface area contributed by atoms with Crippen LogP contribution in [0.5, 0.6) is 5.88 Å². The van der Waals surface area contributed by atoms with Crippen LogP contribution in [-0.2, 0) is 0 Å². The number of rotatable bonds is 5. The van der Waals surface area contributed by atoms with E-state index in [-0.39, 0.29) is 12.0 Å². The Labute approximate surface area is 133 Å². The third-order valence-electron chi connectivity index (χ3n) is 3.95. The largest absolute Gasteiger partial charge is 0.475 e. The molecule has 22 heavy (non-hydrogen) atoms. The summed E-state index contributed by atoms with van der Waals surface area (Å²) in [5, 5.41) is 0. The van der Waals surface area contributed by atoms with Crippen LogP contribution in [0.2, 0.25) is 0 Å². The van der Waals surface area contributed by atoms with Crippen molar-refractivity contribution in [3.63, 3.8) is 0 Å². The second-order valence-corrected chi connectivity index (χ2v) is 6.94. The lowest BCUT2D eigenvalue weighted by Gasteiger charge is -2.33. The fraction of sp³-hybridized carbons (Fsp3) is 0.667. The molecule has 122 valence electrons. The highest BCUT2D eigenvalue weighted by molar-refractivity contribution is 5.94. The average molecular weight is 304 g/mol. The van der Waals surface area contributed by atoms with Gasteiger partial charge in [0, 0.05) is 25.4 Å². The molecule has 1 saturated heterocycles. The van der Waals surface area contributed by atoms with Crippen LogP contribution in [0.15, 0.2) is 18.3 Å². The molecule has 1 aliphatic heterocycles. The first-order valence-corrected chi connectivity index (χ1v) is 8.37. The molecule has 1 atom stereocenters. The lowest BCUT2D eigenvalue weighted by atomic mass is 9.89. The average Bonchev–Trinajstić information content (AvgIpc) is 2.46. The number of carbonyl (C=O) groups is 1. The van der Waals surface area contributed by atoms with Gasteiger partial charge in [0.25, 0.3) is 5.91 Å². The number of piperidine rings is 1. The lowest BCUT2D eigenvalue weighted by molar-refractivity contribution is 0.0659. The molecule has 0 aliphatic carbocycles. The van der Waals surface area contributed by atoms with Gasteiger partial charge in [-0.05, 0) is 51.0 Å². The van der Waals surface area contributed by atoms with E-state index >= 15 is 0 Å². The molecule has 1 fully saturated rings. The van der Waals surface area contributed by atoms with Crippen LogP contribution < -0.4 is 4.74 Å². The van der Waals surface area contributed by atoms with Crippen molar-refractivity contribution in [3.05, 3.63) is 23.9 Å². The highest BCUT2D eigenvalue weighted by atomic mass is 16.5. The summed E-state index contributed by atoms with van der Waals surface area (Å²) in [7, 11) is 0. The zero-order chi connectivity index (χ0) is 16.1. The molecule has 2 heterocycles. The van der Waals surface area contributed by atoms with Gasteiger partial charge in [-0.3, -0.25) is 4.79 Å². The fourth-order valence-corrected chi connectivity index (χ4v) is 3.11. The van der Waals surface area contributed by atoms with Crippen LogP contribution >= 0.6 is 0 Å². The van der Waals surface area contributed by atoms with Crippen LogP contribution in [-0.4, -0.2) is 35.0 Å². The predicted molar refractivity (Wildman–Crippen MR) is 88.1 cm³/mol. The summed E-state index contributed by atoms with van der Waals surface area (Å²) in [6.45, 7) is 10.2. The van der Waals surface area contributed by atoms with Crippen molar-refractivity contribution in [3.8, 4) is 5.88 Å². The maximum absolute atomic E-state index is 12.6. The van der Waals surface area contributed by atoms with Gasteiger partial charge in [0.2, 0.25) is 5.88 Å². The molecule has 1 amide bonds. The third-order valence-corrected chi connectivity index (χ3v) is 3.95. The normalized spacial score (nSPS) is 18.8. The monoisotopic (exact) mass is 304 g/mol. The Morgan fingerprint density at radius 1 is 1.36 bits per heavy atom. The van der Waals surface area contributed by atoms with Crippen LogP contribution in [0.25, 0.3) is 0 Å². The van der Waals surface area contributed by atoms with Crippen molar-refractivity contribution >= 4 is 5.91 Å². The second kappa shape index (κ2) is 7.61. The molecule has 0 bridgehead atoms. The number of likely N-dealkylation sites (tertiary alicyclic amines) is 1. The highest BCUT2D eigenvalue weighted by Gasteiger charge is 2.25. The zero-order valence-electron chi connectivity index (χ0n) is 14.2. The summed E-state index contributed by atoms with van der Waals surface area (Å²) in [5.41, 5.74) is 0.654. The topological polar surface area (TPSA) is 42.4 Å². The van der Waals surface area contributed by atoms with Crippen LogP contribution in [0.3, 0.4) is 0 Å². The van der Waals surface area contributed by atoms with Gasteiger partial charge >= 0.3 is 0 Å². The molecule has 4 nitrogen and oxygen atoms in total. The quantitative estimate of drug-likeness (QED) is 0.831. The first kappa shape index (κ1) is 16.8. The molecule has 1 aromatic rings. The maximum atomic E-state index is 12.6. The van der Waals surface area contributed by atoms with Gasteiger partial charge in [0.1, 0.15) is 0 Å². The molecule has 0 N–H and O–H groups in total. The highest BCUT2D eigenvalue weighted by Crippen LogP contribution is 2.24. The summed E-state index contributed by atoms with van der Waals surface area (Å²) < 4.78 is 5.52. The number of ether oxygens (including phenoxy) is 1. The second-order valence-electron chi connectivity index (χ2n) is 6.94. The van der Waals surface area contributed by atoms with E-state index in [0.29, 0.717) is 23.3 Å². The van der Waals surface area contributed by atoms with E-state index in [1.807, 2.05) is 24.8 Å². The van der Waals surface area contributed by atoms with E-state index in [4.69, 9.17) is 4.74 Å². The van der Waals surface area contributed by atoms with Gasteiger partial charge in [0.05, 0.1) is 11.7 Å². The minimum atomic E-state index is 0.0907. The number of hydrogen-bond donors (Lipinski definition) is 0. The van der Waals surface area contributed by atoms with Crippen LogP contribution in [0.1, 0.15) is 57.3 Å². The number of carbonyl (C=O) groups excluding carboxylic acids is 1. The Hall–Kier alpha value is -1.58. The predicted octanol–water partition coefficient (Wildman–Crippen LogP) is 3.77. The molecular formula is C18H28N2O2. The van der Waals surface area contributed by atoms with E-state index in [1.54, 1.807) is 12.3 Å². The molecule has 0 aromatic carbocycles. The Morgan fingerprint density at radius 3 is 2.73 bits per heavy atom. The Kier molecular flexibility index (Phi) is 5.81. The van der Waals surface area contributed by atoms with Gasteiger partial charge < -0.3 is 9.64 Å². The Bertz CT molecular complexity index is 482. The van der Waals surface area contributed by atoms with E-state index in [2.05, 4.69) is 18.8 Å². The molecule has 1 aliphatic rings. The zero-order valence-corrected chi connectivity index (χ0v) is 14.2. The summed E-state index contributed by atoms with van der Waals surface area (Å²) in [5.74, 6) is 1.99. The summed E-state index contributed by atoms with van der Waals surface area (Å²) >= 11 is 0. The van der Waals surface area contributed by atoms with Crippen molar-refractivity contribution in [2.45, 2.75) is 53.1 Å². The Balaban J connectivity index is 1.98. The van der Waals surface area contributed by atoms with E-state index in [1.165, 1.54) is 12.8 Å². The minimum Gasteiger partial charge on any atom is -0.475 e. The van der Waals surface area contributed by atoms with Crippen molar-refractivity contribution in [1.29, 1.82) is 0 Å². The first-order valence-electron chi connectivity index (χ1n) is 8.37. The van der Waals surface area contributed by atoms with Crippen molar-refractivity contribution in [1.82, 2.24) is 9.88 Å². The van der Waals surface area contributed by atoms with Crippen molar-refractivity contribution in [2.24, 2.45) is 11.8 Å². The molecule has 2 rings (SSSR count). The standard InChI is InChI=1S/C18H28N2O2/c1-13(2)10-15-6-5-9-20(12-15)18(21)16-7-8-17(19-11-16)22-14(3)4/h7-8,11,13-15H,5-6,9-10,12H2,1-4H3/t15-/m0/s1. The summed E-state index contributed by atoms with van der Waals surface area (Å²) in [4.78, 5) is 18.8. The molecule has 4 heteroatoms. The van der Waals surface area contributed by atoms with Crippen LogP contribution in [0.4, 0.5) is 0 Å². The minimum absolute atomic E-state index is 0.0907. The number of hydrogen-bond acceptors (Lipinski definition) is 3. The first-order chi connectivity index (χ1) is 10.5. The SMILES string of the molecule is CC(C)C[C@@H]1CCCN(C(=O)c2ccc(OC(C)C)nc2)C1. The van der Waals surface area contributed by atoms with E-state index < -0.39 is 0 Å². The molecule has 0 saturated carbocycles. The molecule has 1 aromatic heterocycles. The Morgan fingerprint density at radius 2 is 2.14 bits per heavy atom. The fourth-order valence-electron chi connectivity index (χ4n) is 3.11. The molecule has 0 spiro atoms. The maximum Gasteiger partial charge on any atom is 0.255 e. The number of amides is 1. The molecule has 0 radical (unpaired) electrons. The van der Waals surface area contributed by atoms with Gasteiger partial charge in [-0.25, -0.2) is 4.98 Å². The third kappa shape index (κ3) is 4.72. The smallest absolute Gasteiger partial charge is 0.255 e. The van der Waals surface area contributed by atoms with Crippen molar-refractivity contribution < 1.29 is 9.53 Å². The van der Waals surface area contributed by atoms with E-state index in [0.717, 1.165) is 19.5 Å². The number of pyridine rings is 1. The number of nitrogens with zero attached hydrogens (tertiary/aromatic N) is 2.